The lowest BCUT2D eigenvalue weighted by molar-refractivity contribution is -0.139. The number of amides is 2. The molecule has 1 saturated heterocycles. The second-order valence-electron chi connectivity index (χ2n) is 6.43. The van der Waals surface area contributed by atoms with Crippen molar-refractivity contribution in [1.29, 1.82) is 0 Å². The van der Waals surface area contributed by atoms with Crippen molar-refractivity contribution < 1.29 is 14.0 Å². The maximum absolute atomic E-state index is 13.5. The van der Waals surface area contributed by atoms with Gasteiger partial charge in [0.1, 0.15) is 5.82 Å². The fourth-order valence-corrected chi connectivity index (χ4v) is 5.22. The molecule has 0 unspecified atom stereocenters. The van der Waals surface area contributed by atoms with Crippen LogP contribution < -0.4 is 4.90 Å². The van der Waals surface area contributed by atoms with Gasteiger partial charge in [0, 0.05) is 24.3 Å². The molecule has 26 heavy (non-hydrogen) atoms. The van der Waals surface area contributed by atoms with Crippen LogP contribution in [0.25, 0.3) is 0 Å². The van der Waals surface area contributed by atoms with Gasteiger partial charge in [-0.15, -0.1) is 11.8 Å². The zero-order valence-electron chi connectivity index (χ0n) is 14.4. The first-order chi connectivity index (χ1) is 12.6. The average Bonchev–Trinajstić information content (AvgIpc) is 3.20. The second-order valence-corrected chi connectivity index (χ2v) is 7.71. The van der Waals surface area contributed by atoms with Gasteiger partial charge in [0.15, 0.2) is 4.87 Å². The van der Waals surface area contributed by atoms with E-state index in [1.807, 2.05) is 31.2 Å². The minimum atomic E-state index is -0.969. The van der Waals surface area contributed by atoms with Gasteiger partial charge in [0.05, 0.1) is 12.2 Å². The molecule has 2 amide bonds. The van der Waals surface area contributed by atoms with E-state index < -0.39 is 4.87 Å². The predicted molar refractivity (Wildman–Crippen MR) is 100 cm³/mol. The Morgan fingerprint density at radius 3 is 2.65 bits per heavy atom. The standard InChI is InChI=1S/C20H19FN2O2S/c1-2-18(24)23-11-12-26-20(23)16-5-3-4-6-17(16)22(19(20)25)13-14-7-9-15(21)10-8-14/h3-10H,2,11-13H2,1H3/t20-/m0/s1. The van der Waals surface area contributed by atoms with E-state index in [4.69, 9.17) is 0 Å². The lowest BCUT2D eigenvalue weighted by Crippen LogP contribution is -2.50. The Morgan fingerprint density at radius 2 is 1.92 bits per heavy atom. The summed E-state index contributed by atoms with van der Waals surface area (Å²) in [5, 5.41) is 0. The molecule has 2 heterocycles. The molecule has 4 nitrogen and oxygen atoms in total. The summed E-state index contributed by atoms with van der Waals surface area (Å²) < 4.78 is 13.2. The number of anilines is 1. The van der Waals surface area contributed by atoms with E-state index in [2.05, 4.69) is 0 Å². The Hall–Kier alpha value is -2.34. The maximum Gasteiger partial charge on any atom is 0.268 e. The maximum atomic E-state index is 13.5. The van der Waals surface area contributed by atoms with E-state index in [9.17, 15) is 14.0 Å². The van der Waals surface area contributed by atoms with Crippen LogP contribution in [0.3, 0.4) is 0 Å². The predicted octanol–water partition coefficient (Wildman–Crippen LogP) is 3.51. The van der Waals surface area contributed by atoms with Gasteiger partial charge >= 0.3 is 0 Å². The van der Waals surface area contributed by atoms with Crippen LogP contribution in [0.1, 0.15) is 24.5 Å². The number of hydrogen-bond acceptors (Lipinski definition) is 3. The lowest BCUT2D eigenvalue weighted by atomic mass is 10.1. The molecule has 1 atom stereocenters. The fraction of sp³-hybridized carbons (Fsp3) is 0.300. The molecule has 4 rings (SSSR count). The van der Waals surface area contributed by atoms with Crippen LogP contribution in [-0.2, 0) is 21.0 Å². The first kappa shape index (κ1) is 17.1. The van der Waals surface area contributed by atoms with Crippen LogP contribution >= 0.6 is 11.8 Å². The summed E-state index contributed by atoms with van der Waals surface area (Å²) in [7, 11) is 0. The highest BCUT2D eigenvalue weighted by atomic mass is 32.2. The van der Waals surface area contributed by atoms with E-state index in [-0.39, 0.29) is 17.6 Å². The number of carbonyl (C=O) groups excluding carboxylic acids is 2. The minimum Gasteiger partial charge on any atom is -0.315 e. The summed E-state index contributed by atoms with van der Waals surface area (Å²) in [5.41, 5.74) is 2.55. The van der Waals surface area contributed by atoms with Crippen molar-refractivity contribution in [3.63, 3.8) is 0 Å². The van der Waals surface area contributed by atoms with E-state index in [1.165, 1.54) is 23.9 Å². The molecule has 2 aliphatic heterocycles. The van der Waals surface area contributed by atoms with Crippen LogP contribution in [0.15, 0.2) is 48.5 Å². The molecule has 0 saturated carbocycles. The van der Waals surface area contributed by atoms with Crippen LogP contribution in [0, 0.1) is 5.82 Å². The van der Waals surface area contributed by atoms with Crippen molar-refractivity contribution in [2.45, 2.75) is 24.8 Å². The molecule has 2 aromatic rings. The van der Waals surface area contributed by atoms with Crippen molar-refractivity contribution in [2.24, 2.45) is 0 Å². The van der Waals surface area contributed by atoms with E-state index in [1.54, 1.807) is 21.9 Å². The second kappa shape index (κ2) is 6.43. The van der Waals surface area contributed by atoms with Gasteiger partial charge in [-0.3, -0.25) is 9.59 Å². The van der Waals surface area contributed by atoms with Gasteiger partial charge in [-0.2, -0.15) is 0 Å². The van der Waals surface area contributed by atoms with Gasteiger partial charge in [-0.25, -0.2) is 4.39 Å². The molecule has 0 aliphatic carbocycles. The molecule has 1 spiro atoms. The Balaban J connectivity index is 1.78. The number of thioether (sulfide) groups is 1. The molecule has 1 fully saturated rings. The van der Waals surface area contributed by atoms with Gasteiger partial charge in [0.25, 0.3) is 5.91 Å². The Bertz CT molecular complexity index is 870. The molecule has 2 aliphatic rings. The Labute approximate surface area is 156 Å². The minimum absolute atomic E-state index is 0.0122. The third kappa shape index (κ3) is 2.43. The number of hydrogen-bond donors (Lipinski definition) is 0. The van der Waals surface area contributed by atoms with E-state index in [0.29, 0.717) is 19.5 Å². The summed E-state index contributed by atoms with van der Waals surface area (Å²) in [6.45, 7) is 2.75. The zero-order valence-corrected chi connectivity index (χ0v) is 15.3. The number of para-hydroxylation sites is 1. The van der Waals surface area contributed by atoms with Crippen LogP contribution in [0.4, 0.5) is 10.1 Å². The molecule has 0 radical (unpaired) electrons. The van der Waals surface area contributed by atoms with Crippen molar-refractivity contribution in [3.8, 4) is 0 Å². The van der Waals surface area contributed by atoms with Crippen LogP contribution in [0.5, 0.6) is 0 Å². The van der Waals surface area contributed by atoms with Crippen LogP contribution in [0.2, 0.25) is 0 Å². The lowest BCUT2D eigenvalue weighted by Gasteiger charge is -2.33. The first-order valence-corrected chi connectivity index (χ1v) is 9.67. The third-order valence-electron chi connectivity index (χ3n) is 4.96. The number of benzene rings is 2. The number of fused-ring (bicyclic) bond motifs is 2. The van der Waals surface area contributed by atoms with Crippen molar-refractivity contribution in [3.05, 3.63) is 65.5 Å². The first-order valence-electron chi connectivity index (χ1n) is 8.68. The average molecular weight is 370 g/mol. The molecule has 6 heteroatoms. The monoisotopic (exact) mass is 370 g/mol. The molecule has 0 N–H and O–H groups in total. The van der Waals surface area contributed by atoms with Gasteiger partial charge in [-0.1, -0.05) is 37.3 Å². The van der Waals surface area contributed by atoms with Crippen molar-refractivity contribution in [2.75, 3.05) is 17.2 Å². The normalized spacial score (nSPS) is 21.5. The molecule has 2 aromatic carbocycles. The van der Waals surface area contributed by atoms with Crippen molar-refractivity contribution >= 4 is 29.3 Å². The molecule has 0 aromatic heterocycles. The molecular weight excluding hydrogens is 351 g/mol. The summed E-state index contributed by atoms with van der Waals surface area (Å²) in [4.78, 5) is 28.5. The summed E-state index contributed by atoms with van der Waals surface area (Å²) in [6, 6.07) is 13.8. The quantitative estimate of drug-likeness (QED) is 0.830. The van der Waals surface area contributed by atoms with Gasteiger partial charge in [0.2, 0.25) is 5.91 Å². The summed E-state index contributed by atoms with van der Waals surface area (Å²) >= 11 is 1.53. The highest BCUT2D eigenvalue weighted by Gasteiger charge is 2.58. The smallest absolute Gasteiger partial charge is 0.268 e. The molecule has 134 valence electrons. The largest absolute Gasteiger partial charge is 0.315 e. The molecular formula is C20H19FN2O2S. The zero-order chi connectivity index (χ0) is 18.3. The number of halogens is 1. The summed E-state index contributed by atoms with van der Waals surface area (Å²) in [5.74, 6) is 0.328. The summed E-state index contributed by atoms with van der Waals surface area (Å²) in [6.07, 6.45) is 0.371. The fourth-order valence-electron chi connectivity index (χ4n) is 3.74. The number of carbonyl (C=O) groups is 2. The molecule has 0 bridgehead atoms. The number of rotatable bonds is 3. The highest BCUT2D eigenvalue weighted by Crippen LogP contribution is 2.54. The van der Waals surface area contributed by atoms with E-state index >= 15 is 0 Å². The van der Waals surface area contributed by atoms with Crippen molar-refractivity contribution in [1.82, 2.24) is 4.90 Å². The third-order valence-corrected chi connectivity index (χ3v) is 6.38. The SMILES string of the molecule is CCC(=O)N1CCS[C@@]12C(=O)N(Cc1ccc(F)cc1)c1ccccc12. The number of nitrogens with zero attached hydrogens (tertiary/aromatic N) is 2. The van der Waals surface area contributed by atoms with E-state index in [0.717, 1.165) is 22.6 Å². The highest BCUT2D eigenvalue weighted by molar-refractivity contribution is 8.01. The van der Waals surface area contributed by atoms with Gasteiger partial charge < -0.3 is 9.80 Å². The van der Waals surface area contributed by atoms with Crippen LogP contribution in [-0.4, -0.2) is 29.0 Å². The van der Waals surface area contributed by atoms with Gasteiger partial charge in [-0.05, 0) is 23.8 Å². The topological polar surface area (TPSA) is 40.6 Å². The Kier molecular flexibility index (Phi) is 4.23. The Morgan fingerprint density at radius 1 is 1.19 bits per heavy atom.